The van der Waals surface area contributed by atoms with Gasteiger partial charge in [0, 0.05) is 18.5 Å². The van der Waals surface area contributed by atoms with Crippen molar-refractivity contribution in [1.82, 2.24) is 19.9 Å². The van der Waals surface area contributed by atoms with E-state index in [9.17, 15) is 14.0 Å². The molecule has 0 atom stereocenters. The average Bonchev–Trinajstić information content (AvgIpc) is 3.26. The molecule has 3 aromatic heterocycles. The van der Waals surface area contributed by atoms with E-state index in [1.54, 1.807) is 30.6 Å². The van der Waals surface area contributed by atoms with E-state index in [0.717, 1.165) is 31.2 Å². The van der Waals surface area contributed by atoms with Gasteiger partial charge >= 0.3 is 5.97 Å². The number of carboxylic acid groups (broad SMARTS) is 1. The van der Waals surface area contributed by atoms with Gasteiger partial charge in [0.05, 0.1) is 28.2 Å². The van der Waals surface area contributed by atoms with E-state index in [-0.39, 0.29) is 11.5 Å². The Balaban J connectivity index is 0.000000243. The molecule has 5 rings (SSSR count). The van der Waals surface area contributed by atoms with E-state index in [0.29, 0.717) is 33.0 Å². The van der Waals surface area contributed by atoms with Gasteiger partial charge in [-0.25, -0.2) is 9.37 Å². The first-order valence-electron chi connectivity index (χ1n) is 10.6. The quantitative estimate of drug-likeness (QED) is 0.371. The number of aromatic amines is 2. The monoisotopic (exact) mass is 468 g/mol. The van der Waals surface area contributed by atoms with E-state index in [1.807, 2.05) is 0 Å². The summed E-state index contributed by atoms with van der Waals surface area (Å²) in [6, 6.07) is 7.83. The predicted octanol–water partition coefficient (Wildman–Crippen LogP) is 5.42. The van der Waals surface area contributed by atoms with Crippen molar-refractivity contribution in [2.75, 3.05) is 0 Å². The zero-order valence-electron chi connectivity index (χ0n) is 17.6. The highest BCUT2D eigenvalue weighted by Crippen LogP contribution is 2.29. The minimum Gasteiger partial charge on any atom is -0.481 e. The highest BCUT2D eigenvalue weighted by molar-refractivity contribution is 6.34. The number of carboxylic acids is 1. The molecule has 7 nitrogen and oxygen atoms in total. The molecule has 170 valence electrons. The molecule has 1 aromatic carbocycles. The highest BCUT2D eigenvalue weighted by Gasteiger charge is 2.19. The first-order chi connectivity index (χ1) is 15.9. The third-order valence-corrected chi connectivity index (χ3v) is 5.92. The number of halogens is 2. The third kappa shape index (κ3) is 5.28. The van der Waals surface area contributed by atoms with E-state index < -0.39 is 11.8 Å². The number of aromatic nitrogens is 4. The molecule has 33 heavy (non-hydrogen) atoms. The molecule has 1 aliphatic carbocycles. The van der Waals surface area contributed by atoms with E-state index in [4.69, 9.17) is 16.7 Å². The fourth-order valence-corrected chi connectivity index (χ4v) is 4.05. The summed E-state index contributed by atoms with van der Waals surface area (Å²) in [7, 11) is 0. The molecular formula is C24H22ClFN4O3. The number of imidazole rings is 1. The number of aliphatic carboxylic acids is 1. The Morgan fingerprint density at radius 3 is 2.45 bits per heavy atom. The van der Waals surface area contributed by atoms with Crippen LogP contribution in [0.15, 0.2) is 53.7 Å². The summed E-state index contributed by atoms with van der Waals surface area (Å²) in [5.74, 6) is -0.680. The molecule has 1 aliphatic rings. The summed E-state index contributed by atoms with van der Waals surface area (Å²) in [4.78, 5) is 35.4. The molecule has 0 unspecified atom stereocenters. The largest absolute Gasteiger partial charge is 0.481 e. The topological polar surface area (TPSA) is 112 Å². The average molecular weight is 469 g/mol. The van der Waals surface area contributed by atoms with Crippen molar-refractivity contribution in [2.24, 2.45) is 5.92 Å². The van der Waals surface area contributed by atoms with Crippen LogP contribution in [0.25, 0.3) is 33.5 Å². The number of benzene rings is 1. The maximum Gasteiger partial charge on any atom is 0.306 e. The lowest BCUT2D eigenvalue weighted by Crippen LogP contribution is -2.16. The maximum absolute atomic E-state index is 14.5. The highest BCUT2D eigenvalue weighted by atomic mass is 35.5. The van der Waals surface area contributed by atoms with Crippen LogP contribution >= 0.6 is 11.6 Å². The molecule has 9 heteroatoms. The zero-order chi connectivity index (χ0) is 23.4. The van der Waals surface area contributed by atoms with Crippen molar-refractivity contribution in [3.05, 3.63) is 70.1 Å². The van der Waals surface area contributed by atoms with Gasteiger partial charge in [-0.05, 0) is 42.2 Å². The lowest BCUT2D eigenvalue weighted by atomic mass is 9.90. The van der Waals surface area contributed by atoms with Gasteiger partial charge < -0.3 is 15.1 Å². The van der Waals surface area contributed by atoms with E-state index >= 15 is 0 Å². The van der Waals surface area contributed by atoms with Crippen LogP contribution in [0.2, 0.25) is 5.02 Å². The molecule has 0 amide bonds. The Hall–Kier alpha value is -3.52. The van der Waals surface area contributed by atoms with Crippen LogP contribution in [0.5, 0.6) is 0 Å². The van der Waals surface area contributed by atoms with Gasteiger partial charge in [-0.2, -0.15) is 0 Å². The number of H-pyrrole nitrogens is 2. The Kier molecular flexibility index (Phi) is 6.84. The molecule has 0 spiro atoms. The third-order valence-electron chi connectivity index (χ3n) is 5.65. The Labute approximate surface area is 193 Å². The normalized spacial score (nSPS) is 14.0. The molecule has 1 fully saturated rings. The molecule has 0 radical (unpaired) electrons. The fourth-order valence-electron chi connectivity index (χ4n) is 3.85. The number of nitrogens with zero attached hydrogens (tertiary/aromatic N) is 2. The van der Waals surface area contributed by atoms with Crippen LogP contribution in [0.3, 0.4) is 0 Å². The van der Waals surface area contributed by atoms with Gasteiger partial charge in [0.25, 0.3) is 0 Å². The van der Waals surface area contributed by atoms with Crippen LogP contribution in [-0.2, 0) is 4.79 Å². The standard InChI is InChI=1S/C17H10ClFN4O.C7H12O2/c18-12-7-20-8-14-16(12)23-17(22-14)11-3-1-9(5-13(11)19)10-2-4-15(24)21-6-10;8-7(9)6-4-2-1-3-5-6/h1-8H,(H,21,24)(H,22,23);6H,1-5H2,(H,8,9). The zero-order valence-corrected chi connectivity index (χ0v) is 18.4. The van der Waals surface area contributed by atoms with Crippen LogP contribution in [-0.4, -0.2) is 31.0 Å². The second-order valence-electron chi connectivity index (χ2n) is 7.91. The van der Waals surface area contributed by atoms with Gasteiger partial charge in [-0.1, -0.05) is 36.9 Å². The molecule has 0 aliphatic heterocycles. The van der Waals surface area contributed by atoms with Gasteiger partial charge in [0.2, 0.25) is 5.56 Å². The van der Waals surface area contributed by atoms with Crippen molar-refractivity contribution in [3.63, 3.8) is 0 Å². The number of hydrogen-bond donors (Lipinski definition) is 3. The molecule has 0 bridgehead atoms. The summed E-state index contributed by atoms with van der Waals surface area (Å²) < 4.78 is 14.5. The smallest absolute Gasteiger partial charge is 0.306 e. The second kappa shape index (κ2) is 9.95. The Morgan fingerprint density at radius 2 is 1.85 bits per heavy atom. The van der Waals surface area contributed by atoms with Gasteiger partial charge in [-0.15, -0.1) is 0 Å². The van der Waals surface area contributed by atoms with Crippen molar-refractivity contribution in [1.29, 1.82) is 0 Å². The van der Waals surface area contributed by atoms with Crippen molar-refractivity contribution in [2.45, 2.75) is 32.1 Å². The predicted molar refractivity (Wildman–Crippen MR) is 125 cm³/mol. The molecule has 4 aromatic rings. The van der Waals surface area contributed by atoms with Crippen LogP contribution in [0.4, 0.5) is 4.39 Å². The number of rotatable bonds is 3. The van der Waals surface area contributed by atoms with E-state index in [1.165, 1.54) is 24.8 Å². The number of nitrogens with one attached hydrogen (secondary N) is 2. The van der Waals surface area contributed by atoms with Gasteiger partial charge in [-0.3, -0.25) is 14.6 Å². The number of fused-ring (bicyclic) bond motifs is 1. The van der Waals surface area contributed by atoms with Crippen LogP contribution in [0, 0.1) is 11.7 Å². The minimum atomic E-state index is -0.602. The molecule has 3 heterocycles. The molecule has 3 N–H and O–H groups in total. The maximum atomic E-state index is 14.5. The Bertz CT molecular complexity index is 1320. The van der Waals surface area contributed by atoms with Crippen LogP contribution in [0.1, 0.15) is 32.1 Å². The lowest BCUT2D eigenvalue weighted by molar-refractivity contribution is -0.142. The number of pyridine rings is 2. The summed E-state index contributed by atoms with van der Waals surface area (Å²) >= 11 is 6.05. The van der Waals surface area contributed by atoms with Crippen molar-refractivity contribution >= 4 is 28.6 Å². The first-order valence-corrected chi connectivity index (χ1v) is 11.0. The summed E-state index contributed by atoms with van der Waals surface area (Å²) in [6.45, 7) is 0. The van der Waals surface area contributed by atoms with Gasteiger partial charge in [0.15, 0.2) is 0 Å². The fraction of sp³-hybridized carbons (Fsp3) is 0.250. The van der Waals surface area contributed by atoms with Crippen molar-refractivity contribution < 1.29 is 14.3 Å². The summed E-state index contributed by atoms with van der Waals surface area (Å²) in [5, 5.41) is 8.94. The second-order valence-corrected chi connectivity index (χ2v) is 8.32. The molecule has 0 saturated heterocycles. The van der Waals surface area contributed by atoms with E-state index in [2.05, 4.69) is 19.9 Å². The summed E-state index contributed by atoms with van der Waals surface area (Å²) in [5.41, 5.74) is 2.69. The SMILES string of the molecule is O=C(O)C1CCCCC1.O=c1ccc(-c2ccc(-c3nc4c(Cl)cncc4[nH]3)c(F)c2)c[nH]1. The van der Waals surface area contributed by atoms with Gasteiger partial charge in [0.1, 0.15) is 17.2 Å². The number of carbonyl (C=O) groups is 1. The van der Waals surface area contributed by atoms with Crippen molar-refractivity contribution in [3.8, 4) is 22.5 Å². The Morgan fingerprint density at radius 1 is 1.09 bits per heavy atom. The summed E-state index contributed by atoms with van der Waals surface area (Å²) in [6.07, 6.45) is 9.86. The minimum absolute atomic E-state index is 0.0289. The first kappa shape index (κ1) is 22.7. The molecule has 1 saturated carbocycles. The lowest BCUT2D eigenvalue weighted by Gasteiger charge is -2.16. The van der Waals surface area contributed by atoms with Crippen LogP contribution < -0.4 is 5.56 Å². The molecular weight excluding hydrogens is 447 g/mol. The number of hydrogen-bond acceptors (Lipinski definition) is 4.